The topological polar surface area (TPSA) is 112 Å². The second kappa shape index (κ2) is 11.1. The van der Waals surface area contributed by atoms with Crippen LogP contribution in [0.2, 0.25) is 0 Å². The van der Waals surface area contributed by atoms with E-state index in [9.17, 15) is 29.7 Å². The third kappa shape index (κ3) is 5.44. The molecule has 0 bridgehead atoms. The summed E-state index contributed by atoms with van der Waals surface area (Å²) in [6.45, 7) is 7.14. The molecule has 0 radical (unpaired) electrons. The second-order valence-electron chi connectivity index (χ2n) is 6.82. The van der Waals surface area contributed by atoms with E-state index in [0.29, 0.717) is 12.8 Å². The fourth-order valence-electron chi connectivity index (χ4n) is 4.46. The van der Waals surface area contributed by atoms with Crippen LogP contribution >= 0.6 is 0 Å². The molecule has 0 rings (SSSR count). The molecule has 0 aromatic rings. The Morgan fingerprint density at radius 2 is 1.04 bits per heavy atom. The van der Waals surface area contributed by atoms with Crippen molar-refractivity contribution in [2.24, 2.45) is 23.2 Å². The molecule has 0 aromatic heterocycles. The number of hydrogen-bond donors (Lipinski definition) is 3. The van der Waals surface area contributed by atoms with E-state index in [1.807, 2.05) is 0 Å². The van der Waals surface area contributed by atoms with Gasteiger partial charge in [-0.1, -0.05) is 53.4 Å². The first-order chi connectivity index (χ1) is 11.7. The van der Waals surface area contributed by atoms with E-state index in [-0.39, 0.29) is 19.3 Å². The Morgan fingerprint density at radius 1 is 0.680 bits per heavy atom. The smallest absolute Gasteiger partial charge is 0.307 e. The van der Waals surface area contributed by atoms with Crippen molar-refractivity contribution >= 4 is 17.9 Å². The van der Waals surface area contributed by atoms with Gasteiger partial charge in [-0.15, -0.1) is 0 Å². The number of carbonyl (C=O) groups is 3. The van der Waals surface area contributed by atoms with Crippen molar-refractivity contribution in [3.05, 3.63) is 0 Å². The Balaban J connectivity index is 6.30. The van der Waals surface area contributed by atoms with Crippen LogP contribution in [0.4, 0.5) is 0 Å². The van der Waals surface area contributed by atoms with Crippen molar-refractivity contribution in [3.8, 4) is 0 Å². The summed E-state index contributed by atoms with van der Waals surface area (Å²) in [6.07, 6.45) is 4.42. The van der Waals surface area contributed by atoms with E-state index in [1.54, 1.807) is 20.8 Å². The van der Waals surface area contributed by atoms with Gasteiger partial charge in [-0.25, -0.2) is 0 Å². The van der Waals surface area contributed by atoms with Crippen molar-refractivity contribution in [2.45, 2.75) is 79.1 Å². The van der Waals surface area contributed by atoms with E-state index in [2.05, 4.69) is 6.92 Å². The van der Waals surface area contributed by atoms with E-state index in [4.69, 9.17) is 0 Å². The predicted molar refractivity (Wildman–Crippen MR) is 95.4 cm³/mol. The van der Waals surface area contributed by atoms with Crippen molar-refractivity contribution in [3.63, 3.8) is 0 Å². The highest BCUT2D eigenvalue weighted by molar-refractivity contribution is 5.80. The van der Waals surface area contributed by atoms with Crippen LogP contribution in [-0.4, -0.2) is 33.2 Å². The average molecular weight is 358 g/mol. The molecule has 25 heavy (non-hydrogen) atoms. The molecule has 0 heterocycles. The standard InChI is InChI=1S/C19H34O6/c1-5-9-10-11-12-19(13(6-2)16(20)21,14(7-3)17(22)23)15(8-4)18(24)25/h13-15H,5-12H2,1-4H3,(H,20,21)(H,22,23)(H,24,25). The van der Waals surface area contributed by atoms with Crippen LogP contribution in [0.25, 0.3) is 0 Å². The fourth-order valence-corrected chi connectivity index (χ4v) is 4.46. The molecule has 0 saturated heterocycles. The van der Waals surface area contributed by atoms with E-state index in [1.165, 1.54) is 0 Å². The highest BCUT2D eigenvalue weighted by atomic mass is 16.4. The first-order valence-electron chi connectivity index (χ1n) is 9.42. The number of aliphatic carboxylic acids is 3. The van der Waals surface area contributed by atoms with Crippen LogP contribution in [0.5, 0.6) is 0 Å². The van der Waals surface area contributed by atoms with Crippen LogP contribution in [0.3, 0.4) is 0 Å². The van der Waals surface area contributed by atoms with Crippen molar-refractivity contribution in [1.82, 2.24) is 0 Å². The highest BCUT2D eigenvalue weighted by Gasteiger charge is 2.56. The number of rotatable bonds is 14. The van der Waals surface area contributed by atoms with E-state index >= 15 is 0 Å². The largest absolute Gasteiger partial charge is 0.481 e. The third-order valence-corrected chi connectivity index (χ3v) is 5.53. The average Bonchev–Trinajstić information content (AvgIpc) is 2.52. The SMILES string of the molecule is CCCCCCC(C(CC)C(=O)O)(C(CC)C(=O)O)C(CC)C(=O)O. The first kappa shape index (κ1) is 23.4. The van der Waals surface area contributed by atoms with Gasteiger partial charge in [0.2, 0.25) is 0 Å². The molecule has 3 atom stereocenters. The molecule has 6 nitrogen and oxygen atoms in total. The van der Waals surface area contributed by atoms with Gasteiger partial charge in [-0.05, 0) is 25.7 Å². The molecular weight excluding hydrogens is 324 g/mol. The Hall–Kier alpha value is -1.59. The Labute approximate surface area is 150 Å². The lowest BCUT2D eigenvalue weighted by Crippen LogP contribution is -2.52. The predicted octanol–water partition coefficient (Wildman–Crippen LogP) is 4.28. The molecule has 0 aliphatic rings. The summed E-state index contributed by atoms with van der Waals surface area (Å²) in [5.41, 5.74) is -1.28. The van der Waals surface area contributed by atoms with Crippen LogP contribution in [0.1, 0.15) is 79.1 Å². The lowest BCUT2D eigenvalue weighted by molar-refractivity contribution is -0.170. The summed E-state index contributed by atoms with van der Waals surface area (Å²) >= 11 is 0. The Bertz CT molecular complexity index is 390. The lowest BCUT2D eigenvalue weighted by Gasteiger charge is -2.46. The normalized spacial score (nSPS) is 17.3. The van der Waals surface area contributed by atoms with Gasteiger partial charge >= 0.3 is 17.9 Å². The highest BCUT2D eigenvalue weighted by Crippen LogP contribution is 2.51. The summed E-state index contributed by atoms with van der Waals surface area (Å²) in [7, 11) is 0. The monoisotopic (exact) mass is 358 g/mol. The number of carboxylic acid groups (broad SMARTS) is 3. The van der Waals surface area contributed by atoms with Crippen molar-refractivity contribution in [1.29, 1.82) is 0 Å². The minimum Gasteiger partial charge on any atom is -0.481 e. The van der Waals surface area contributed by atoms with Gasteiger partial charge in [0.1, 0.15) is 0 Å². The zero-order chi connectivity index (χ0) is 19.6. The summed E-state index contributed by atoms with van der Waals surface area (Å²) < 4.78 is 0. The maximum absolute atomic E-state index is 12.0. The Kier molecular flexibility index (Phi) is 10.4. The van der Waals surface area contributed by atoms with Gasteiger partial charge in [-0.3, -0.25) is 14.4 Å². The summed E-state index contributed by atoms with van der Waals surface area (Å²) in [6, 6.07) is 0. The molecule has 0 fully saturated rings. The lowest BCUT2D eigenvalue weighted by atomic mass is 9.55. The van der Waals surface area contributed by atoms with Gasteiger partial charge < -0.3 is 15.3 Å². The molecule has 0 aromatic carbocycles. The van der Waals surface area contributed by atoms with Crippen LogP contribution < -0.4 is 0 Å². The number of hydrogen-bond acceptors (Lipinski definition) is 3. The van der Waals surface area contributed by atoms with Gasteiger partial charge in [0, 0.05) is 5.41 Å². The van der Waals surface area contributed by atoms with Crippen LogP contribution in [-0.2, 0) is 14.4 Å². The maximum atomic E-state index is 12.0. The zero-order valence-electron chi connectivity index (χ0n) is 16.0. The van der Waals surface area contributed by atoms with Crippen molar-refractivity contribution < 1.29 is 29.7 Å². The summed E-state index contributed by atoms with van der Waals surface area (Å²) in [5, 5.41) is 29.3. The molecule has 0 amide bonds. The second-order valence-corrected chi connectivity index (χ2v) is 6.82. The van der Waals surface area contributed by atoms with Gasteiger partial charge in [0.05, 0.1) is 17.8 Å². The summed E-state index contributed by atoms with van der Waals surface area (Å²) in [4.78, 5) is 35.9. The van der Waals surface area contributed by atoms with Crippen molar-refractivity contribution in [2.75, 3.05) is 0 Å². The van der Waals surface area contributed by atoms with Gasteiger partial charge in [0.25, 0.3) is 0 Å². The summed E-state index contributed by atoms with van der Waals surface area (Å²) in [5.74, 6) is -6.27. The molecule has 3 unspecified atom stereocenters. The molecule has 146 valence electrons. The maximum Gasteiger partial charge on any atom is 0.307 e. The van der Waals surface area contributed by atoms with Gasteiger partial charge in [-0.2, -0.15) is 0 Å². The van der Waals surface area contributed by atoms with Gasteiger partial charge in [0.15, 0.2) is 0 Å². The quantitative estimate of drug-likeness (QED) is 0.400. The van der Waals surface area contributed by atoms with E-state index < -0.39 is 41.1 Å². The minimum atomic E-state index is -1.28. The fraction of sp³-hybridized carbons (Fsp3) is 0.842. The number of carboxylic acids is 3. The molecule has 0 aliphatic carbocycles. The molecule has 0 spiro atoms. The Morgan fingerprint density at radius 3 is 1.28 bits per heavy atom. The molecule has 3 N–H and O–H groups in total. The van der Waals surface area contributed by atoms with E-state index in [0.717, 1.165) is 19.3 Å². The first-order valence-corrected chi connectivity index (χ1v) is 9.42. The van der Waals surface area contributed by atoms with Crippen LogP contribution in [0, 0.1) is 23.2 Å². The number of unbranched alkanes of at least 4 members (excludes halogenated alkanes) is 3. The molecule has 6 heteroatoms. The zero-order valence-corrected chi connectivity index (χ0v) is 16.0. The minimum absolute atomic E-state index is 0.219. The van der Waals surface area contributed by atoms with Crippen LogP contribution in [0.15, 0.2) is 0 Å². The molecular formula is C19H34O6. The third-order valence-electron chi connectivity index (χ3n) is 5.53. The molecule has 0 saturated carbocycles. The molecule has 0 aliphatic heterocycles.